The van der Waals surface area contributed by atoms with Gasteiger partial charge >= 0.3 is 5.69 Å². The van der Waals surface area contributed by atoms with Gasteiger partial charge in [-0.25, -0.2) is 4.98 Å². The molecule has 0 unspecified atom stereocenters. The summed E-state index contributed by atoms with van der Waals surface area (Å²) in [5.74, 6) is 1.30. The Morgan fingerprint density at radius 2 is 2.26 bits per heavy atom. The third kappa shape index (κ3) is 3.38. The molecule has 100 valence electrons. The minimum atomic E-state index is -0.392. The first-order valence-electron chi connectivity index (χ1n) is 5.55. The van der Waals surface area contributed by atoms with Crippen molar-refractivity contribution in [2.45, 2.75) is 11.3 Å². The number of alkyl halides is 1. The molecule has 0 amide bonds. The number of aromatic nitrogens is 1. The lowest BCUT2D eigenvalue weighted by atomic mass is 10.2. The third-order valence-corrected chi connectivity index (χ3v) is 4.45. The fraction of sp³-hybridized carbons (Fsp3) is 0.250. The molecule has 0 aliphatic carbocycles. The van der Waals surface area contributed by atoms with Gasteiger partial charge in [0.1, 0.15) is 6.20 Å². The first-order chi connectivity index (χ1) is 9.13. The third-order valence-electron chi connectivity index (χ3n) is 2.48. The van der Waals surface area contributed by atoms with Crippen molar-refractivity contribution in [2.75, 3.05) is 11.6 Å². The lowest BCUT2D eigenvalue weighted by Crippen LogP contribution is -1.95. The lowest BCUT2D eigenvalue weighted by Gasteiger charge is -2.06. The van der Waals surface area contributed by atoms with E-state index in [2.05, 4.69) is 20.9 Å². The lowest BCUT2D eigenvalue weighted by molar-refractivity contribution is -0.387. The van der Waals surface area contributed by atoms with Crippen LogP contribution < -0.4 is 0 Å². The highest BCUT2D eigenvalue weighted by Crippen LogP contribution is 2.36. The Balaban J connectivity index is 2.54. The summed E-state index contributed by atoms with van der Waals surface area (Å²) in [5.41, 5.74) is 0.798. The fourth-order valence-corrected chi connectivity index (χ4v) is 3.38. The highest BCUT2D eigenvalue weighted by Gasteiger charge is 2.18. The van der Waals surface area contributed by atoms with Gasteiger partial charge in [-0.15, -0.1) is 23.4 Å². The molecule has 0 saturated heterocycles. The summed E-state index contributed by atoms with van der Waals surface area (Å²) in [6, 6.07) is 5.57. The highest BCUT2D eigenvalue weighted by molar-refractivity contribution is 9.10. The zero-order valence-corrected chi connectivity index (χ0v) is 13.0. The molecule has 0 atom stereocenters. The smallest absolute Gasteiger partial charge is 0.258 e. The number of nitro groups is 1. The molecule has 0 radical (unpaired) electrons. The molecule has 0 fully saturated rings. The van der Waals surface area contributed by atoms with Gasteiger partial charge in [-0.05, 0) is 30.4 Å². The van der Waals surface area contributed by atoms with E-state index in [0.717, 1.165) is 27.5 Å². The number of halogens is 2. The number of pyridine rings is 1. The molecule has 1 aromatic heterocycles. The Labute approximate surface area is 127 Å². The van der Waals surface area contributed by atoms with Crippen molar-refractivity contribution in [1.82, 2.24) is 4.98 Å². The van der Waals surface area contributed by atoms with Crippen LogP contribution in [0.5, 0.6) is 0 Å². The molecule has 0 saturated carbocycles. The maximum atomic E-state index is 11.1. The van der Waals surface area contributed by atoms with Gasteiger partial charge in [-0.3, -0.25) is 10.1 Å². The van der Waals surface area contributed by atoms with Gasteiger partial charge in [-0.2, -0.15) is 0 Å². The van der Waals surface area contributed by atoms with E-state index in [1.165, 1.54) is 18.0 Å². The predicted molar refractivity (Wildman–Crippen MR) is 82.2 cm³/mol. The topological polar surface area (TPSA) is 56.0 Å². The molecule has 0 aliphatic rings. The van der Waals surface area contributed by atoms with Gasteiger partial charge < -0.3 is 0 Å². The molecule has 1 aromatic carbocycles. The van der Waals surface area contributed by atoms with Crippen molar-refractivity contribution in [1.29, 1.82) is 0 Å². The summed E-state index contributed by atoms with van der Waals surface area (Å²) in [7, 11) is 0. The van der Waals surface area contributed by atoms with Gasteiger partial charge in [0.2, 0.25) is 0 Å². The zero-order chi connectivity index (χ0) is 13.8. The van der Waals surface area contributed by atoms with E-state index in [4.69, 9.17) is 11.6 Å². The minimum absolute atomic E-state index is 0.0465. The second-order valence-electron chi connectivity index (χ2n) is 3.78. The normalized spacial score (nSPS) is 10.8. The van der Waals surface area contributed by atoms with Crippen LogP contribution in [0.2, 0.25) is 0 Å². The van der Waals surface area contributed by atoms with Gasteiger partial charge in [0.15, 0.2) is 0 Å². The molecule has 2 rings (SSSR count). The number of fused-ring (bicyclic) bond motifs is 1. The molecule has 0 N–H and O–H groups in total. The van der Waals surface area contributed by atoms with Gasteiger partial charge in [0.05, 0.1) is 15.3 Å². The van der Waals surface area contributed by atoms with Crippen LogP contribution in [-0.4, -0.2) is 21.5 Å². The summed E-state index contributed by atoms with van der Waals surface area (Å²) >= 11 is 10.5. The molecule has 4 nitrogen and oxygen atoms in total. The van der Waals surface area contributed by atoms with Crippen molar-refractivity contribution >= 4 is 55.9 Å². The standard InChI is InChI=1S/C12H10BrClN2O2S/c13-8-2-3-10-9(6-8)12(19-5-1-4-14)11(7-15-10)16(17)18/h2-3,6-7H,1,4-5H2. The molecular formula is C12H10BrClN2O2S. The van der Waals surface area contributed by atoms with Crippen molar-refractivity contribution < 1.29 is 4.92 Å². The van der Waals surface area contributed by atoms with E-state index >= 15 is 0 Å². The maximum Gasteiger partial charge on any atom is 0.301 e. The largest absolute Gasteiger partial charge is 0.301 e. The van der Waals surface area contributed by atoms with Gasteiger partial charge in [0, 0.05) is 15.7 Å². The highest BCUT2D eigenvalue weighted by atomic mass is 79.9. The summed E-state index contributed by atoms with van der Waals surface area (Å²) in [6.07, 6.45) is 2.13. The van der Waals surface area contributed by atoms with Crippen LogP contribution in [0, 0.1) is 10.1 Å². The summed E-state index contributed by atoms with van der Waals surface area (Å²) in [5, 5.41) is 11.9. The Hall–Kier alpha value is -0.850. The number of nitrogens with zero attached hydrogens (tertiary/aromatic N) is 2. The SMILES string of the molecule is O=[N+]([O-])c1cnc2ccc(Br)cc2c1SCCCCl. The molecule has 0 spiro atoms. The van der Waals surface area contributed by atoms with Crippen LogP contribution >= 0.6 is 39.3 Å². The van der Waals surface area contributed by atoms with Crippen molar-refractivity contribution in [3.8, 4) is 0 Å². The molecule has 0 aliphatic heterocycles. The number of rotatable bonds is 5. The molecule has 19 heavy (non-hydrogen) atoms. The molecular weight excluding hydrogens is 352 g/mol. The monoisotopic (exact) mass is 360 g/mol. The van der Waals surface area contributed by atoms with E-state index in [-0.39, 0.29) is 5.69 Å². The van der Waals surface area contributed by atoms with E-state index in [0.29, 0.717) is 10.8 Å². The van der Waals surface area contributed by atoms with Crippen molar-refractivity contribution in [2.24, 2.45) is 0 Å². The second kappa shape index (κ2) is 6.54. The minimum Gasteiger partial charge on any atom is -0.258 e. The second-order valence-corrected chi connectivity index (χ2v) is 6.18. The Bertz CT molecular complexity index is 624. The van der Waals surface area contributed by atoms with Crippen LogP contribution in [0.1, 0.15) is 6.42 Å². The Morgan fingerprint density at radius 1 is 1.47 bits per heavy atom. The molecule has 1 heterocycles. The van der Waals surface area contributed by atoms with E-state index in [9.17, 15) is 10.1 Å². The average Bonchev–Trinajstić information content (AvgIpc) is 2.38. The summed E-state index contributed by atoms with van der Waals surface area (Å²) in [6.45, 7) is 0. The van der Waals surface area contributed by atoms with Crippen molar-refractivity contribution in [3.63, 3.8) is 0 Å². The van der Waals surface area contributed by atoms with Crippen LogP contribution in [-0.2, 0) is 0 Å². The van der Waals surface area contributed by atoms with E-state index in [1.807, 2.05) is 18.2 Å². The molecule has 2 aromatic rings. The predicted octanol–water partition coefficient (Wildman–Crippen LogP) is 4.63. The van der Waals surface area contributed by atoms with Crippen LogP contribution in [0.4, 0.5) is 5.69 Å². The quantitative estimate of drug-likeness (QED) is 0.256. The summed E-state index contributed by atoms with van der Waals surface area (Å²) < 4.78 is 0.876. The van der Waals surface area contributed by atoms with Crippen LogP contribution in [0.3, 0.4) is 0 Å². The number of hydrogen-bond donors (Lipinski definition) is 0. The van der Waals surface area contributed by atoms with Crippen LogP contribution in [0.15, 0.2) is 33.8 Å². The van der Waals surface area contributed by atoms with Crippen molar-refractivity contribution in [3.05, 3.63) is 39.0 Å². The number of hydrogen-bond acceptors (Lipinski definition) is 4. The first kappa shape index (κ1) is 14.6. The van der Waals surface area contributed by atoms with Gasteiger partial charge in [-0.1, -0.05) is 15.9 Å². The Morgan fingerprint density at radius 3 is 2.95 bits per heavy atom. The number of thioether (sulfide) groups is 1. The van der Waals surface area contributed by atoms with Crippen LogP contribution in [0.25, 0.3) is 10.9 Å². The fourth-order valence-electron chi connectivity index (χ4n) is 1.64. The molecule has 7 heteroatoms. The molecule has 0 bridgehead atoms. The Kier molecular flexibility index (Phi) is 5.01. The average molecular weight is 362 g/mol. The zero-order valence-electron chi connectivity index (χ0n) is 9.81. The first-order valence-corrected chi connectivity index (χ1v) is 7.86. The van der Waals surface area contributed by atoms with E-state index < -0.39 is 4.92 Å². The van der Waals surface area contributed by atoms with E-state index in [1.54, 1.807) is 0 Å². The number of benzene rings is 1. The van der Waals surface area contributed by atoms with Gasteiger partial charge in [0.25, 0.3) is 0 Å². The maximum absolute atomic E-state index is 11.1. The summed E-state index contributed by atoms with van der Waals surface area (Å²) in [4.78, 5) is 15.5.